The van der Waals surface area contributed by atoms with E-state index in [1.165, 1.54) is 11.1 Å². The Bertz CT molecular complexity index is 402. The lowest BCUT2D eigenvalue weighted by Crippen LogP contribution is -1.96. The van der Waals surface area contributed by atoms with Crippen molar-refractivity contribution >= 4 is 8.81 Å². The third kappa shape index (κ3) is 3.66. The van der Waals surface area contributed by atoms with Crippen molar-refractivity contribution < 1.29 is 4.52 Å². The molecule has 2 heteroatoms. The molecule has 0 aliphatic rings. The Labute approximate surface area is 111 Å². The van der Waals surface area contributed by atoms with Gasteiger partial charge in [0.2, 0.25) is 0 Å². The van der Waals surface area contributed by atoms with E-state index in [0.29, 0.717) is 14.5 Å². The van der Waals surface area contributed by atoms with Crippen molar-refractivity contribution in [3.8, 4) is 0 Å². The van der Waals surface area contributed by atoms with Crippen molar-refractivity contribution in [2.45, 2.75) is 19.0 Å². The zero-order chi connectivity index (χ0) is 12.6. The van der Waals surface area contributed by atoms with Gasteiger partial charge in [0.05, 0.1) is 12.3 Å². The summed E-state index contributed by atoms with van der Waals surface area (Å²) in [7, 11) is 0.485. The van der Waals surface area contributed by atoms with E-state index in [-0.39, 0.29) is 0 Å². The van der Waals surface area contributed by atoms with E-state index in [1.807, 2.05) is 0 Å². The summed E-state index contributed by atoms with van der Waals surface area (Å²) < 4.78 is 5.78. The molecule has 2 rings (SSSR count). The highest BCUT2D eigenvalue weighted by atomic mass is 31.1. The van der Waals surface area contributed by atoms with Gasteiger partial charge in [-0.2, -0.15) is 0 Å². The predicted octanol–water partition coefficient (Wildman–Crippen LogP) is 4.80. The highest BCUT2D eigenvalue weighted by Crippen LogP contribution is 2.40. The highest BCUT2D eigenvalue weighted by molar-refractivity contribution is 7.33. The topological polar surface area (TPSA) is 9.23 Å². The van der Waals surface area contributed by atoms with Crippen molar-refractivity contribution in [1.29, 1.82) is 0 Å². The molecule has 2 aromatic carbocycles. The Morgan fingerprint density at radius 3 is 1.83 bits per heavy atom. The second kappa shape index (κ2) is 7.31. The van der Waals surface area contributed by atoms with Crippen LogP contribution in [0.3, 0.4) is 0 Å². The molecule has 0 saturated carbocycles. The van der Waals surface area contributed by atoms with Crippen molar-refractivity contribution in [2.75, 3.05) is 6.61 Å². The van der Waals surface area contributed by atoms with E-state index in [4.69, 9.17) is 4.52 Å². The molecule has 0 fully saturated rings. The van der Waals surface area contributed by atoms with Crippen LogP contribution in [-0.2, 0) is 4.52 Å². The fourth-order valence-corrected chi connectivity index (χ4v) is 3.01. The molecule has 1 atom stereocenters. The highest BCUT2D eigenvalue weighted by Gasteiger charge is 2.13. The van der Waals surface area contributed by atoms with Crippen LogP contribution in [0, 0.1) is 0 Å². The molecule has 0 heterocycles. The molecular weight excluding hydrogens is 239 g/mol. The van der Waals surface area contributed by atoms with E-state index in [9.17, 15) is 0 Å². The van der Waals surface area contributed by atoms with Crippen LogP contribution in [0.25, 0.3) is 0 Å². The largest absolute Gasteiger partial charge is 0.361 e. The average molecular weight is 258 g/mol. The van der Waals surface area contributed by atoms with Crippen LogP contribution in [0.4, 0.5) is 0 Å². The second-order valence-electron chi connectivity index (χ2n) is 4.22. The number of hydrogen-bond acceptors (Lipinski definition) is 1. The molecule has 0 radical (unpaired) electrons. The molecule has 0 bridgehead atoms. The van der Waals surface area contributed by atoms with Gasteiger partial charge in [0.1, 0.15) is 0 Å². The van der Waals surface area contributed by atoms with Crippen LogP contribution in [0.2, 0.25) is 0 Å². The van der Waals surface area contributed by atoms with Crippen molar-refractivity contribution in [1.82, 2.24) is 0 Å². The molecule has 1 nitrogen and oxygen atoms in total. The van der Waals surface area contributed by atoms with Gasteiger partial charge in [-0.3, -0.25) is 0 Å². The second-order valence-corrected chi connectivity index (χ2v) is 5.32. The minimum Gasteiger partial charge on any atom is -0.361 e. The third-order valence-electron chi connectivity index (χ3n) is 2.77. The van der Waals surface area contributed by atoms with E-state index < -0.39 is 0 Å². The molecular formula is C16H19OP. The molecule has 18 heavy (non-hydrogen) atoms. The summed E-state index contributed by atoms with van der Waals surface area (Å²) in [6.07, 6.45) is 1.07. The number of hydrogen-bond donors (Lipinski definition) is 0. The first-order valence-electron chi connectivity index (χ1n) is 6.39. The first kappa shape index (κ1) is 13.3. The van der Waals surface area contributed by atoms with Crippen LogP contribution < -0.4 is 0 Å². The molecule has 0 aliphatic carbocycles. The Hall–Kier alpha value is -1.17. The van der Waals surface area contributed by atoms with Gasteiger partial charge < -0.3 is 4.52 Å². The molecule has 0 aromatic heterocycles. The van der Waals surface area contributed by atoms with Gasteiger partial charge in [0.25, 0.3) is 0 Å². The first-order chi connectivity index (χ1) is 8.92. The maximum absolute atomic E-state index is 5.78. The monoisotopic (exact) mass is 258 g/mol. The van der Waals surface area contributed by atoms with Crippen molar-refractivity contribution in [3.63, 3.8) is 0 Å². The molecule has 0 aliphatic heterocycles. The first-order valence-corrected chi connectivity index (χ1v) is 7.37. The standard InChI is InChI=1S/C16H19OP/c1-2-13-17-18-16(14-9-5-3-6-10-14)15-11-7-4-8-12-15/h3-12,16,18H,2,13H2,1H3. The molecule has 0 amide bonds. The van der Waals surface area contributed by atoms with Crippen LogP contribution in [0.1, 0.15) is 30.1 Å². The molecule has 2 aromatic rings. The van der Waals surface area contributed by atoms with E-state index in [2.05, 4.69) is 67.6 Å². The van der Waals surface area contributed by atoms with Crippen molar-refractivity contribution in [2.24, 2.45) is 0 Å². The zero-order valence-corrected chi connectivity index (χ0v) is 11.7. The fraction of sp³-hybridized carbons (Fsp3) is 0.250. The maximum atomic E-state index is 5.78. The summed E-state index contributed by atoms with van der Waals surface area (Å²) in [6.45, 7) is 2.99. The SMILES string of the molecule is CCCOPC(c1ccccc1)c1ccccc1. The average Bonchev–Trinajstić information content (AvgIpc) is 2.46. The van der Waals surface area contributed by atoms with Gasteiger partial charge in [0.15, 0.2) is 0 Å². The predicted molar refractivity (Wildman–Crippen MR) is 79.3 cm³/mol. The minimum absolute atomic E-state index is 0.360. The lowest BCUT2D eigenvalue weighted by molar-refractivity contribution is 0.359. The maximum Gasteiger partial charge on any atom is 0.0506 e. The Morgan fingerprint density at radius 2 is 1.39 bits per heavy atom. The van der Waals surface area contributed by atoms with Gasteiger partial charge in [-0.15, -0.1) is 0 Å². The van der Waals surface area contributed by atoms with E-state index in [1.54, 1.807) is 0 Å². The zero-order valence-electron chi connectivity index (χ0n) is 10.7. The molecule has 0 N–H and O–H groups in total. The normalized spacial score (nSPS) is 11.4. The van der Waals surface area contributed by atoms with Gasteiger partial charge in [-0.25, -0.2) is 0 Å². The summed E-state index contributed by atoms with van der Waals surface area (Å²) in [5.74, 6) is 0. The van der Waals surface area contributed by atoms with Gasteiger partial charge >= 0.3 is 0 Å². The van der Waals surface area contributed by atoms with E-state index >= 15 is 0 Å². The van der Waals surface area contributed by atoms with Crippen LogP contribution in [0.5, 0.6) is 0 Å². The number of rotatable bonds is 6. The van der Waals surface area contributed by atoms with Crippen LogP contribution in [0.15, 0.2) is 60.7 Å². The summed E-state index contributed by atoms with van der Waals surface area (Å²) >= 11 is 0. The Balaban J connectivity index is 2.18. The summed E-state index contributed by atoms with van der Waals surface area (Å²) in [5.41, 5.74) is 3.02. The quantitative estimate of drug-likeness (QED) is 0.534. The summed E-state index contributed by atoms with van der Waals surface area (Å²) in [6, 6.07) is 21.2. The third-order valence-corrected chi connectivity index (χ3v) is 4.05. The van der Waals surface area contributed by atoms with Crippen molar-refractivity contribution in [3.05, 3.63) is 71.8 Å². The lowest BCUT2D eigenvalue weighted by atomic mass is 10.0. The number of benzene rings is 2. The van der Waals surface area contributed by atoms with Gasteiger partial charge in [0, 0.05) is 8.81 Å². The van der Waals surface area contributed by atoms with Gasteiger partial charge in [-0.05, 0) is 17.5 Å². The van der Waals surface area contributed by atoms with Crippen LogP contribution >= 0.6 is 8.81 Å². The summed E-state index contributed by atoms with van der Waals surface area (Å²) in [5, 5.41) is 0. The molecule has 0 saturated heterocycles. The smallest absolute Gasteiger partial charge is 0.0506 e. The van der Waals surface area contributed by atoms with E-state index in [0.717, 1.165) is 13.0 Å². The molecule has 1 unspecified atom stereocenters. The fourth-order valence-electron chi connectivity index (χ4n) is 1.86. The molecule has 94 valence electrons. The Kier molecular flexibility index (Phi) is 5.38. The summed E-state index contributed by atoms with van der Waals surface area (Å²) in [4.78, 5) is 0. The van der Waals surface area contributed by atoms with Crippen LogP contribution in [-0.4, -0.2) is 6.61 Å². The lowest BCUT2D eigenvalue weighted by Gasteiger charge is -2.17. The molecule has 0 spiro atoms. The minimum atomic E-state index is 0.360. The Morgan fingerprint density at radius 1 is 0.889 bits per heavy atom. The van der Waals surface area contributed by atoms with Gasteiger partial charge in [-0.1, -0.05) is 67.6 Å².